The molecule has 1 N–H and O–H groups in total. The summed E-state index contributed by atoms with van der Waals surface area (Å²) in [4.78, 5) is 13.1. The molecule has 5 nitrogen and oxygen atoms in total. The third-order valence-corrected chi connectivity index (χ3v) is 5.30. The van der Waals surface area contributed by atoms with Crippen molar-refractivity contribution >= 4 is 15.8 Å². The highest BCUT2D eigenvalue weighted by molar-refractivity contribution is 7.91. The summed E-state index contributed by atoms with van der Waals surface area (Å²) in [6, 6.07) is 0. The lowest BCUT2D eigenvalue weighted by molar-refractivity contribution is -0.152. The van der Waals surface area contributed by atoms with Crippen molar-refractivity contribution in [2.24, 2.45) is 0 Å². The molecule has 0 aromatic carbocycles. The molecule has 0 aromatic rings. The third kappa shape index (κ3) is 3.42. The first-order valence-corrected chi connectivity index (χ1v) is 7.83. The Bertz CT molecular complexity index is 379. The normalized spacial score (nSPS) is 26.9. The molecule has 1 aliphatic rings. The molecule has 0 amide bonds. The van der Waals surface area contributed by atoms with Gasteiger partial charge in [0.25, 0.3) is 0 Å². The Morgan fingerprint density at radius 3 is 2.59 bits per heavy atom. The van der Waals surface area contributed by atoms with Crippen LogP contribution in [0.3, 0.4) is 0 Å². The Balaban J connectivity index is 2.70. The predicted molar refractivity (Wildman–Crippen MR) is 65.8 cm³/mol. The first kappa shape index (κ1) is 14.4. The van der Waals surface area contributed by atoms with Gasteiger partial charge in [0.15, 0.2) is 9.84 Å². The van der Waals surface area contributed by atoms with Gasteiger partial charge in [-0.05, 0) is 32.7 Å². The van der Waals surface area contributed by atoms with Crippen molar-refractivity contribution in [3.8, 4) is 0 Å². The smallest absolute Gasteiger partial charge is 0.323 e. The highest BCUT2D eigenvalue weighted by atomic mass is 32.2. The first-order chi connectivity index (χ1) is 7.82. The van der Waals surface area contributed by atoms with Gasteiger partial charge in [0, 0.05) is 12.3 Å². The van der Waals surface area contributed by atoms with E-state index in [2.05, 4.69) is 0 Å². The van der Waals surface area contributed by atoms with Gasteiger partial charge in [0.05, 0.1) is 5.75 Å². The minimum Gasteiger partial charge on any atom is -0.480 e. The molecule has 0 aromatic heterocycles. The molecule has 0 aliphatic carbocycles. The molecule has 0 spiro atoms. The number of aliphatic carboxylic acids is 1. The number of likely N-dealkylation sites (tertiary alicyclic amines) is 1. The zero-order valence-electron chi connectivity index (χ0n) is 10.5. The average molecular weight is 263 g/mol. The Kier molecular flexibility index (Phi) is 4.55. The second-order valence-corrected chi connectivity index (χ2v) is 7.23. The van der Waals surface area contributed by atoms with Crippen molar-refractivity contribution < 1.29 is 18.3 Å². The maximum atomic E-state index is 11.4. The van der Waals surface area contributed by atoms with Gasteiger partial charge in [-0.25, -0.2) is 8.42 Å². The SMILES string of the molecule is CCS(=O)(=O)CCN1CCCCC1(C)C(=O)O. The van der Waals surface area contributed by atoms with Gasteiger partial charge in [0.1, 0.15) is 5.54 Å². The Labute approximate surface area is 103 Å². The fourth-order valence-corrected chi connectivity index (χ4v) is 2.96. The zero-order chi connectivity index (χ0) is 13.1. The molecule has 1 rings (SSSR count). The van der Waals surface area contributed by atoms with Gasteiger partial charge in [0.2, 0.25) is 0 Å². The van der Waals surface area contributed by atoms with E-state index in [9.17, 15) is 18.3 Å². The fourth-order valence-electron chi connectivity index (χ4n) is 2.17. The summed E-state index contributed by atoms with van der Waals surface area (Å²) >= 11 is 0. The van der Waals surface area contributed by atoms with Crippen LogP contribution in [0.1, 0.15) is 33.1 Å². The number of nitrogens with zero attached hydrogens (tertiary/aromatic N) is 1. The van der Waals surface area contributed by atoms with Crippen molar-refractivity contribution in [1.82, 2.24) is 4.90 Å². The van der Waals surface area contributed by atoms with Crippen LogP contribution in [-0.2, 0) is 14.6 Å². The van der Waals surface area contributed by atoms with Crippen LogP contribution in [0.4, 0.5) is 0 Å². The molecule has 1 atom stereocenters. The Morgan fingerprint density at radius 1 is 1.41 bits per heavy atom. The van der Waals surface area contributed by atoms with Crippen LogP contribution in [0.15, 0.2) is 0 Å². The Morgan fingerprint density at radius 2 is 2.06 bits per heavy atom. The summed E-state index contributed by atoms with van der Waals surface area (Å²) in [5.41, 5.74) is -0.901. The number of hydrogen-bond donors (Lipinski definition) is 1. The zero-order valence-corrected chi connectivity index (χ0v) is 11.3. The van der Waals surface area contributed by atoms with E-state index in [1.165, 1.54) is 0 Å². The molecule has 1 saturated heterocycles. The third-order valence-electron chi connectivity index (χ3n) is 3.61. The summed E-state index contributed by atoms with van der Waals surface area (Å²) in [5, 5.41) is 9.26. The maximum absolute atomic E-state index is 11.4. The van der Waals surface area contributed by atoms with Gasteiger partial charge in [-0.1, -0.05) is 6.92 Å². The van der Waals surface area contributed by atoms with Crippen molar-refractivity contribution in [1.29, 1.82) is 0 Å². The second-order valence-electron chi connectivity index (χ2n) is 4.76. The molecule has 1 fully saturated rings. The fraction of sp³-hybridized carbons (Fsp3) is 0.909. The van der Waals surface area contributed by atoms with Crippen molar-refractivity contribution in [2.45, 2.75) is 38.6 Å². The lowest BCUT2D eigenvalue weighted by Gasteiger charge is -2.41. The molecule has 1 heterocycles. The summed E-state index contributed by atoms with van der Waals surface area (Å²) < 4.78 is 22.9. The van der Waals surface area contributed by atoms with Crippen molar-refractivity contribution in [3.63, 3.8) is 0 Å². The van der Waals surface area contributed by atoms with Crippen LogP contribution >= 0.6 is 0 Å². The quantitative estimate of drug-likeness (QED) is 0.792. The molecule has 6 heteroatoms. The molecular weight excluding hydrogens is 242 g/mol. The molecule has 0 radical (unpaired) electrons. The van der Waals surface area contributed by atoms with Crippen LogP contribution in [-0.4, -0.2) is 54.5 Å². The average Bonchev–Trinajstić information content (AvgIpc) is 2.28. The largest absolute Gasteiger partial charge is 0.480 e. The molecular formula is C11H21NO4S. The van der Waals surface area contributed by atoms with Crippen molar-refractivity contribution in [2.75, 3.05) is 24.6 Å². The van der Waals surface area contributed by atoms with E-state index in [-0.39, 0.29) is 11.5 Å². The highest BCUT2D eigenvalue weighted by Crippen LogP contribution is 2.27. The molecule has 17 heavy (non-hydrogen) atoms. The van der Waals surface area contributed by atoms with Gasteiger partial charge in [-0.15, -0.1) is 0 Å². The summed E-state index contributed by atoms with van der Waals surface area (Å²) in [5.74, 6) is -0.692. The standard InChI is InChI=1S/C11H21NO4S/c1-3-17(15,16)9-8-12-7-5-4-6-11(12,2)10(13)14/h3-9H2,1-2H3,(H,13,14). The van der Waals surface area contributed by atoms with Crippen LogP contribution in [0.25, 0.3) is 0 Å². The minimum atomic E-state index is -3.03. The molecule has 1 aliphatic heterocycles. The number of piperidine rings is 1. The molecule has 1 unspecified atom stereocenters. The minimum absolute atomic E-state index is 0.0480. The number of hydrogen-bond acceptors (Lipinski definition) is 4. The van der Waals surface area contributed by atoms with E-state index in [1.54, 1.807) is 18.7 Å². The van der Waals surface area contributed by atoms with Gasteiger partial charge in [-0.3, -0.25) is 9.69 Å². The molecule has 0 bridgehead atoms. The topological polar surface area (TPSA) is 74.7 Å². The molecule has 100 valence electrons. The van der Waals surface area contributed by atoms with E-state index in [0.29, 0.717) is 19.5 Å². The Hall–Kier alpha value is -0.620. The van der Waals surface area contributed by atoms with E-state index in [4.69, 9.17) is 0 Å². The number of sulfone groups is 1. The predicted octanol–water partition coefficient (Wildman–Crippen LogP) is 0.750. The first-order valence-electron chi connectivity index (χ1n) is 6.01. The number of rotatable bonds is 5. The van der Waals surface area contributed by atoms with E-state index < -0.39 is 21.3 Å². The van der Waals surface area contributed by atoms with Gasteiger partial charge >= 0.3 is 5.97 Å². The van der Waals surface area contributed by atoms with E-state index in [1.807, 2.05) is 0 Å². The number of carboxylic acid groups (broad SMARTS) is 1. The number of carboxylic acids is 1. The van der Waals surface area contributed by atoms with E-state index >= 15 is 0 Å². The lowest BCUT2D eigenvalue weighted by atomic mass is 9.88. The summed E-state index contributed by atoms with van der Waals surface area (Å²) in [7, 11) is -3.03. The van der Waals surface area contributed by atoms with Gasteiger partial charge < -0.3 is 5.11 Å². The van der Waals surface area contributed by atoms with Crippen LogP contribution in [0, 0.1) is 0 Å². The van der Waals surface area contributed by atoms with Gasteiger partial charge in [-0.2, -0.15) is 0 Å². The molecule has 0 saturated carbocycles. The second kappa shape index (κ2) is 5.35. The highest BCUT2D eigenvalue weighted by Gasteiger charge is 2.41. The van der Waals surface area contributed by atoms with Crippen molar-refractivity contribution in [3.05, 3.63) is 0 Å². The lowest BCUT2D eigenvalue weighted by Crippen LogP contribution is -2.56. The van der Waals surface area contributed by atoms with E-state index in [0.717, 1.165) is 12.8 Å². The van der Waals surface area contributed by atoms with Crippen LogP contribution in [0.5, 0.6) is 0 Å². The number of carbonyl (C=O) groups is 1. The summed E-state index contributed by atoms with van der Waals surface area (Å²) in [6.45, 7) is 4.29. The summed E-state index contributed by atoms with van der Waals surface area (Å²) in [6.07, 6.45) is 2.42. The maximum Gasteiger partial charge on any atom is 0.323 e. The van der Waals surface area contributed by atoms with Crippen LogP contribution < -0.4 is 0 Å². The van der Waals surface area contributed by atoms with Crippen LogP contribution in [0.2, 0.25) is 0 Å². The monoisotopic (exact) mass is 263 g/mol.